The van der Waals surface area contributed by atoms with Crippen LogP contribution in [0.4, 0.5) is 0 Å². The third-order valence-electron chi connectivity index (χ3n) is 3.99. The van der Waals surface area contributed by atoms with Crippen molar-refractivity contribution < 1.29 is 4.42 Å². The number of hydrogen-bond acceptors (Lipinski definition) is 5. The molecule has 0 radical (unpaired) electrons. The second kappa shape index (κ2) is 5.99. The van der Waals surface area contributed by atoms with E-state index in [1.807, 2.05) is 6.92 Å². The molecule has 2 aliphatic rings. The Morgan fingerprint density at radius 3 is 2.90 bits per heavy atom. The molecule has 2 atom stereocenters. The van der Waals surface area contributed by atoms with Crippen LogP contribution in [0.3, 0.4) is 0 Å². The highest BCUT2D eigenvalue weighted by atomic mass is 32.2. The number of amidine groups is 1. The number of hydrazone groups is 1. The molecule has 2 heterocycles. The first-order valence-corrected chi connectivity index (χ1v) is 8.16. The van der Waals surface area contributed by atoms with Crippen LogP contribution < -0.4 is 5.43 Å². The van der Waals surface area contributed by atoms with Gasteiger partial charge in [0.1, 0.15) is 5.71 Å². The number of aliphatic imine (C=N–C) groups is 1. The van der Waals surface area contributed by atoms with E-state index in [4.69, 9.17) is 9.41 Å². The highest BCUT2D eigenvalue weighted by Gasteiger charge is 2.23. The van der Waals surface area contributed by atoms with E-state index in [2.05, 4.69) is 22.4 Å². The van der Waals surface area contributed by atoms with E-state index in [1.54, 1.807) is 11.8 Å². The zero-order chi connectivity index (χ0) is 13.9. The summed E-state index contributed by atoms with van der Waals surface area (Å²) in [7, 11) is 0. The second-order valence-corrected chi connectivity index (χ2v) is 6.45. The molecule has 0 spiro atoms. The molecule has 0 bridgehead atoms. The lowest BCUT2D eigenvalue weighted by Gasteiger charge is -2.26. The molecule has 0 saturated heterocycles. The fraction of sp³-hybridized carbons (Fsp3) is 0.643. The normalized spacial score (nSPS) is 29.1. The van der Waals surface area contributed by atoms with Crippen molar-refractivity contribution in [2.75, 3.05) is 5.75 Å². The van der Waals surface area contributed by atoms with Gasteiger partial charge < -0.3 is 4.42 Å². The summed E-state index contributed by atoms with van der Waals surface area (Å²) in [6.45, 7) is 4.23. The number of rotatable bonds is 2. The zero-order valence-corrected chi connectivity index (χ0v) is 12.7. The summed E-state index contributed by atoms with van der Waals surface area (Å²) in [5.74, 6) is 2.24. The van der Waals surface area contributed by atoms with Crippen LogP contribution in [0.2, 0.25) is 0 Å². The first kappa shape index (κ1) is 13.7. The van der Waals surface area contributed by atoms with Crippen LogP contribution in [0.5, 0.6) is 0 Å². The Hall–Kier alpha value is -1.30. The van der Waals surface area contributed by atoms with Gasteiger partial charge in [-0.05, 0) is 25.7 Å². The van der Waals surface area contributed by atoms with Crippen molar-refractivity contribution in [1.82, 2.24) is 10.4 Å². The van der Waals surface area contributed by atoms with Crippen molar-refractivity contribution in [3.8, 4) is 0 Å². The summed E-state index contributed by atoms with van der Waals surface area (Å²) >= 11 is 1.69. The maximum atomic E-state index is 5.37. The molecule has 1 aromatic heterocycles. The van der Waals surface area contributed by atoms with Gasteiger partial charge in [-0.15, -0.1) is 0 Å². The average Bonchev–Trinajstić information content (AvgIpc) is 2.89. The lowest BCUT2D eigenvalue weighted by Crippen LogP contribution is -2.29. The summed E-state index contributed by atoms with van der Waals surface area (Å²) in [4.78, 5) is 8.93. The van der Waals surface area contributed by atoms with Gasteiger partial charge in [0.15, 0.2) is 17.3 Å². The Labute approximate surface area is 123 Å². The molecule has 108 valence electrons. The van der Waals surface area contributed by atoms with Gasteiger partial charge >= 0.3 is 0 Å². The van der Waals surface area contributed by atoms with E-state index < -0.39 is 0 Å². The van der Waals surface area contributed by atoms with Gasteiger partial charge in [0.2, 0.25) is 0 Å². The number of hydrogen-bond donors (Lipinski definition) is 1. The SMILES string of the molecule is Cc1ncoc1C1=NNC(=N[C@@H]2CCCC[C@H]2C)SC1. The van der Waals surface area contributed by atoms with Crippen LogP contribution in [0.15, 0.2) is 20.9 Å². The molecular formula is C14H20N4OS. The molecule has 1 aliphatic carbocycles. The predicted molar refractivity (Wildman–Crippen MR) is 82.2 cm³/mol. The summed E-state index contributed by atoms with van der Waals surface area (Å²) < 4.78 is 5.37. The predicted octanol–water partition coefficient (Wildman–Crippen LogP) is 2.96. The Kier molecular flexibility index (Phi) is 4.10. The molecule has 1 saturated carbocycles. The third-order valence-corrected chi connectivity index (χ3v) is 4.88. The Balaban J connectivity index is 1.68. The van der Waals surface area contributed by atoms with Crippen LogP contribution in [-0.4, -0.2) is 27.7 Å². The second-order valence-electron chi connectivity index (χ2n) is 5.49. The van der Waals surface area contributed by atoms with Crippen molar-refractivity contribution in [2.24, 2.45) is 16.0 Å². The summed E-state index contributed by atoms with van der Waals surface area (Å²) in [5, 5.41) is 5.32. The summed E-state index contributed by atoms with van der Waals surface area (Å²) in [5.41, 5.74) is 4.85. The number of thioether (sulfide) groups is 1. The largest absolute Gasteiger partial charge is 0.442 e. The number of aromatic nitrogens is 1. The van der Waals surface area contributed by atoms with E-state index in [0.29, 0.717) is 12.0 Å². The van der Waals surface area contributed by atoms with E-state index >= 15 is 0 Å². The standard InChI is InChI=1S/C14H20N4OS/c1-9-5-3-4-6-11(9)16-14-18-17-12(7-20-14)13-10(2)15-8-19-13/h8-9,11H,3-7H2,1-2H3,(H,16,18)/t9-,11-/m1/s1. The van der Waals surface area contributed by atoms with Crippen LogP contribution in [-0.2, 0) is 0 Å². The first-order chi connectivity index (χ1) is 9.74. The molecular weight excluding hydrogens is 272 g/mol. The molecule has 6 heteroatoms. The van der Waals surface area contributed by atoms with Crippen molar-refractivity contribution in [3.05, 3.63) is 17.8 Å². The fourth-order valence-corrected chi connectivity index (χ4v) is 3.51. The molecule has 20 heavy (non-hydrogen) atoms. The van der Waals surface area contributed by atoms with Crippen LogP contribution in [0, 0.1) is 12.8 Å². The third kappa shape index (κ3) is 2.90. The quantitative estimate of drug-likeness (QED) is 0.910. The number of aryl methyl sites for hydroxylation is 1. The van der Waals surface area contributed by atoms with Crippen molar-refractivity contribution in [3.63, 3.8) is 0 Å². The smallest absolute Gasteiger partial charge is 0.181 e. The van der Waals surface area contributed by atoms with Crippen molar-refractivity contribution in [2.45, 2.75) is 45.6 Å². The molecule has 0 unspecified atom stereocenters. The minimum Gasteiger partial charge on any atom is -0.442 e. The Morgan fingerprint density at radius 2 is 2.25 bits per heavy atom. The molecule has 3 rings (SSSR count). The molecule has 0 amide bonds. The van der Waals surface area contributed by atoms with Crippen LogP contribution >= 0.6 is 11.8 Å². The van der Waals surface area contributed by atoms with Crippen molar-refractivity contribution in [1.29, 1.82) is 0 Å². The topological polar surface area (TPSA) is 62.8 Å². The average molecular weight is 292 g/mol. The number of nitrogens with one attached hydrogen (secondary N) is 1. The highest BCUT2D eigenvalue weighted by Crippen LogP contribution is 2.27. The Morgan fingerprint density at radius 1 is 1.40 bits per heavy atom. The highest BCUT2D eigenvalue weighted by molar-refractivity contribution is 8.14. The lowest BCUT2D eigenvalue weighted by molar-refractivity contribution is 0.333. The monoisotopic (exact) mass is 292 g/mol. The lowest BCUT2D eigenvalue weighted by atomic mass is 9.86. The van der Waals surface area contributed by atoms with Gasteiger partial charge in [-0.3, -0.25) is 10.4 Å². The fourth-order valence-electron chi connectivity index (χ4n) is 2.72. The number of nitrogens with zero attached hydrogens (tertiary/aromatic N) is 3. The molecule has 5 nitrogen and oxygen atoms in total. The summed E-state index contributed by atoms with van der Waals surface area (Å²) in [6.07, 6.45) is 6.59. The molecule has 1 fully saturated rings. The maximum absolute atomic E-state index is 5.37. The van der Waals surface area contributed by atoms with Gasteiger partial charge in [0.25, 0.3) is 0 Å². The Bertz CT molecular complexity index is 537. The van der Waals surface area contributed by atoms with Crippen molar-refractivity contribution >= 4 is 22.6 Å². The first-order valence-electron chi connectivity index (χ1n) is 7.17. The van der Waals surface area contributed by atoms with E-state index in [-0.39, 0.29) is 0 Å². The van der Waals surface area contributed by atoms with Crippen LogP contribution in [0.1, 0.15) is 44.1 Å². The van der Waals surface area contributed by atoms with Gasteiger partial charge in [0, 0.05) is 5.75 Å². The van der Waals surface area contributed by atoms with Gasteiger partial charge in [0.05, 0.1) is 11.7 Å². The molecule has 1 aliphatic heterocycles. The zero-order valence-electron chi connectivity index (χ0n) is 11.9. The minimum atomic E-state index is 0.447. The van der Waals surface area contributed by atoms with Crippen LogP contribution in [0.25, 0.3) is 0 Å². The minimum absolute atomic E-state index is 0.447. The maximum Gasteiger partial charge on any atom is 0.181 e. The van der Waals surface area contributed by atoms with Gasteiger partial charge in [-0.2, -0.15) is 5.10 Å². The molecule has 1 aromatic rings. The molecule has 0 aromatic carbocycles. The summed E-state index contributed by atoms with van der Waals surface area (Å²) in [6, 6.07) is 0.447. The molecule has 1 N–H and O–H groups in total. The van der Waals surface area contributed by atoms with E-state index in [9.17, 15) is 0 Å². The number of oxazole rings is 1. The van der Waals surface area contributed by atoms with E-state index in [0.717, 1.165) is 28.1 Å². The van der Waals surface area contributed by atoms with Gasteiger partial charge in [-0.25, -0.2) is 4.98 Å². The van der Waals surface area contributed by atoms with E-state index in [1.165, 1.54) is 32.1 Å². The van der Waals surface area contributed by atoms with Gasteiger partial charge in [-0.1, -0.05) is 31.5 Å².